The van der Waals surface area contributed by atoms with Gasteiger partial charge in [-0.15, -0.1) is 0 Å². The van der Waals surface area contributed by atoms with Crippen molar-refractivity contribution in [3.05, 3.63) is 40.7 Å². The molecular formula is C16H17ClN4O2. The van der Waals surface area contributed by atoms with Gasteiger partial charge in [0.15, 0.2) is 5.82 Å². The molecule has 0 atom stereocenters. The smallest absolute Gasteiger partial charge is 0.295 e. The van der Waals surface area contributed by atoms with E-state index in [-0.39, 0.29) is 11.2 Å². The summed E-state index contributed by atoms with van der Waals surface area (Å²) in [5.74, 6) is 0.103. The van der Waals surface area contributed by atoms with Gasteiger partial charge in [0.05, 0.1) is 22.1 Å². The first-order chi connectivity index (χ1) is 10.8. The lowest BCUT2D eigenvalue weighted by Gasteiger charge is -2.20. The molecule has 0 fully saturated rings. The van der Waals surface area contributed by atoms with E-state index in [9.17, 15) is 4.79 Å². The fourth-order valence-corrected chi connectivity index (χ4v) is 2.81. The predicted molar refractivity (Wildman–Crippen MR) is 88.9 cm³/mol. The molecule has 0 bridgehead atoms. The van der Waals surface area contributed by atoms with Crippen molar-refractivity contribution in [2.75, 3.05) is 5.32 Å². The lowest BCUT2D eigenvalue weighted by Crippen LogP contribution is -2.13. The highest BCUT2D eigenvalue weighted by Gasteiger charge is 2.24. The van der Waals surface area contributed by atoms with E-state index in [1.54, 1.807) is 4.68 Å². The number of rotatable bonds is 2. The number of benzene rings is 1. The Morgan fingerprint density at radius 3 is 2.65 bits per heavy atom. The number of hydrogen-bond donors (Lipinski definition) is 1. The van der Waals surface area contributed by atoms with Gasteiger partial charge in [-0.25, -0.2) is 0 Å². The molecule has 120 valence electrons. The van der Waals surface area contributed by atoms with E-state index >= 15 is 0 Å². The summed E-state index contributed by atoms with van der Waals surface area (Å²) in [5.41, 5.74) is 1.92. The van der Waals surface area contributed by atoms with E-state index in [1.807, 2.05) is 19.2 Å². The van der Waals surface area contributed by atoms with Crippen LogP contribution in [0.2, 0.25) is 5.02 Å². The number of amides is 1. The molecule has 1 N–H and O–H groups in total. The number of nitrogens with one attached hydrogen (secondary N) is 1. The number of aromatic nitrogens is 3. The van der Waals surface area contributed by atoms with Gasteiger partial charge in [-0.2, -0.15) is 5.10 Å². The quantitative estimate of drug-likeness (QED) is 0.775. The second kappa shape index (κ2) is 5.38. The first kappa shape index (κ1) is 15.6. The van der Waals surface area contributed by atoms with E-state index in [1.165, 1.54) is 12.3 Å². The van der Waals surface area contributed by atoms with Gasteiger partial charge < -0.3 is 9.84 Å². The molecular weight excluding hydrogens is 316 g/mol. The highest BCUT2D eigenvalue weighted by Crippen LogP contribution is 2.37. The van der Waals surface area contributed by atoms with Crippen LogP contribution < -0.4 is 5.32 Å². The molecule has 0 spiro atoms. The van der Waals surface area contributed by atoms with Crippen molar-refractivity contribution in [1.29, 1.82) is 0 Å². The molecule has 0 radical (unpaired) electrons. The van der Waals surface area contributed by atoms with Crippen molar-refractivity contribution < 1.29 is 9.32 Å². The zero-order valence-corrected chi connectivity index (χ0v) is 14.1. The minimum atomic E-state index is -0.417. The number of aryl methyl sites for hydroxylation is 1. The lowest BCUT2D eigenvalue weighted by atomic mass is 9.85. The van der Waals surface area contributed by atoms with Crippen molar-refractivity contribution >= 4 is 34.2 Å². The number of nitrogens with zero attached hydrogens (tertiary/aromatic N) is 3. The molecule has 7 heteroatoms. The van der Waals surface area contributed by atoms with Crippen molar-refractivity contribution in [3.63, 3.8) is 0 Å². The molecule has 0 aliphatic rings. The molecule has 0 aliphatic carbocycles. The maximum Gasteiger partial charge on any atom is 0.295 e. The second-order valence-electron chi connectivity index (χ2n) is 6.37. The maximum absolute atomic E-state index is 12.2. The number of fused-ring (bicyclic) bond motifs is 1. The number of carbonyl (C=O) groups excluding carboxylic acids is 1. The van der Waals surface area contributed by atoms with Crippen molar-refractivity contribution in [3.8, 4) is 0 Å². The van der Waals surface area contributed by atoms with Gasteiger partial charge in [0.25, 0.3) is 5.91 Å². The number of carbonyl (C=O) groups is 1. The fourth-order valence-electron chi connectivity index (χ4n) is 2.57. The number of anilines is 1. The van der Waals surface area contributed by atoms with Crippen molar-refractivity contribution in [2.45, 2.75) is 26.2 Å². The van der Waals surface area contributed by atoms with Crippen LogP contribution in [0.4, 0.5) is 5.82 Å². The monoisotopic (exact) mass is 332 g/mol. The second-order valence-corrected chi connectivity index (χ2v) is 6.78. The summed E-state index contributed by atoms with van der Waals surface area (Å²) in [5, 5.41) is 11.9. The summed E-state index contributed by atoms with van der Waals surface area (Å²) in [6, 6.07) is 5.31. The SMILES string of the molecule is Cn1nc(NC(=O)c2ccno2)c2c(Cl)ccc(C(C)(C)C)c21. The third-order valence-corrected chi connectivity index (χ3v) is 3.95. The Morgan fingerprint density at radius 1 is 1.30 bits per heavy atom. The average Bonchev–Trinajstić information content (AvgIpc) is 3.07. The zero-order valence-electron chi connectivity index (χ0n) is 13.3. The molecule has 0 unspecified atom stereocenters. The van der Waals surface area contributed by atoms with Crippen LogP contribution in [0, 0.1) is 0 Å². The summed E-state index contributed by atoms with van der Waals surface area (Å²) < 4.78 is 6.60. The third kappa shape index (κ3) is 2.70. The Balaban J connectivity index is 2.14. The highest BCUT2D eigenvalue weighted by molar-refractivity contribution is 6.36. The zero-order chi connectivity index (χ0) is 16.8. The average molecular weight is 333 g/mol. The molecule has 2 heterocycles. The third-order valence-electron chi connectivity index (χ3n) is 3.64. The minimum Gasteiger partial charge on any atom is -0.351 e. The van der Waals surface area contributed by atoms with Gasteiger partial charge >= 0.3 is 0 Å². The Labute approximate surface area is 138 Å². The van der Waals surface area contributed by atoms with E-state index in [2.05, 4.69) is 36.3 Å². The maximum atomic E-state index is 12.2. The molecule has 1 aromatic carbocycles. The Morgan fingerprint density at radius 2 is 2.04 bits per heavy atom. The van der Waals surface area contributed by atoms with Crippen LogP contribution in [0.5, 0.6) is 0 Å². The van der Waals surface area contributed by atoms with Gasteiger partial charge in [0.2, 0.25) is 5.76 Å². The summed E-state index contributed by atoms with van der Waals surface area (Å²) in [7, 11) is 1.83. The van der Waals surface area contributed by atoms with Gasteiger partial charge in [0.1, 0.15) is 0 Å². The molecule has 23 heavy (non-hydrogen) atoms. The molecule has 0 saturated heterocycles. The van der Waals surface area contributed by atoms with Crippen LogP contribution in [-0.2, 0) is 12.5 Å². The van der Waals surface area contributed by atoms with E-state index in [0.29, 0.717) is 10.8 Å². The predicted octanol–water partition coefficient (Wildman–Crippen LogP) is 3.76. The summed E-state index contributed by atoms with van der Waals surface area (Å²) >= 11 is 6.37. The lowest BCUT2D eigenvalue weighted by molar-refractivity contribution is 0.0987. The minimum absolute atomic E-state index is 0.0805. The van der Waals surface area contributed by atoms with Crippen LogP contribution in [0.15, 0.2) is 28.9 Å². The van der Waals surface area contributed by atoms with Gasteiger partial charge in [-0.05, 0) is 17.0 Å². The standard InChI is InChI=1S/C16H17ClN4O2/c1-16(2,3)9-5-6-10(17)12-13(9)21(4)20-14(12)19-15(22)11-7-8-18-23-11/h5-8H,1-4H3,(H,19,20,22). The molecule has 0 aliphatic heterocycles. The van der Waals surface area contributed by atoms with Crippen molar-refractivity contribution in [1.82, 2.24) is 14.9 Å². The Bertz CT molecular complexity index is 876. The number of hydrogen-bond acceptors (Lipinski definition) is 4. The Hall–Kier alpha value is -2.34. The van der Waals surface area contributed by atoms with Gasteiger partial charge in [-0.3, -0.25) is 9.48 Å². The first-order valence-electron chi connectivity index (χ1n) is 7.17. The van der Waals surface area contributed by atoms with Crippen LogP contribution in [0.1, 0.15) is 36.9 Å². The van der Waals surface area contributed by atoms with Gasteiger partial charge in [-0.1, -0.05) is 43.6 Å². The molecule has 3 rings (SSSR count). The van der Waals surface area contributed by atoms with Gasteiger partial charge in [0, 0.05) is 13.1 Å². The highest BCUT2D eigenvalue weighted by atomic mass is 35.5. The van der Waals surface area contributed by atoms with Crippen LogP contribution in [0.3, 0.4) is 0 Å². The number of halogens is 1. The van der Waals surface area contributed by atoms with E-state index in [4.69, 9.17) is 16.1 Å². The molecule has 0 saturated carbocycles. The normalized spacial score (nSPS) is 11.9. The fraction of sp³-hybridized carbons (Fsp3) is 0.312. The Kier molecular flexibility index (Phi) is 3.64. The topological polar surface area (TPSA) is 73.0 Å². The summed E-state index contributed by atoms with van der Waals surface area (Å²) in [6.45, 7) is 6.36. The van der Waals surface area contributed by atoms with Crippen molar-refractivity contribution in [2.24, 2.45) is 7.05 Å². The molecule has 6 nitrogen and oxygen atoms in total. The first-order valence-corrected chi connectivity index (χ1v) is 7.54. The van der Waals surface area contributed by atoms with E-state index < -0.39 is 5.91 Å². The van der Waals surface area contributed by atoms with E-state index in [0.717, 1.165) is 16.5 Å². The van der Waals surface area contributed by atoms with Crippen LogP contribution in [-0.4, -0.2) is 20.8 Å². The van der Waals surface area contributed by atoms with Crippen LogP contribution >= 0.6 is 11.6 Å². The molecule has 3 aromatic rings. The molecule has 2 aromatic heterocycles. The summed E-state index contributed by atoms with van der Waals surface area (Å²) in [6.07, 6.45) is 1.41. The van der Waals surface area contributed by atoms with Crippen LogP contribution in [0.25, 0.3) is 10.9 Å². The summed E-state index contributed by atoms with van der Waals surface area (Å²) in [4.78, 5) is 12.2. The largest absolute Gasteiger partial charge is 0.351 e. The molecule has 1 amide bonds.